The van der Waals surface area contributed by atoms with Gasteiger partial charge in [0, 0.05) is 11.5 Å². The zero-order valence-corrected chi connectivity index (χ0v) is 10.1. The van der Waals surface area contributed by atoms with E-state index in [1.54, 1.807) is 0 Å². The van der Waals surface area contributed by atoms with E-state index in [0.29, 0.717) is 10.9 Å². The maximum atomic E-state index is 10.1. The Morgan fingerprint density at radius 1 is 1.35 bits per heavy atom. The molecular formula is C11H11ClN2O3. The standard InChI is InChI=1S/C9H5ClN2O3.C2H6/c10-9-5-1-8(15-4-13)7(14)2-6(5)11-3-12-9;1-2/h1-4,14H;1-2H3. The molecule has 2 aromatic rings. The predicted octanol–water partition coefficient (Wildman–Crippen LogP) is 2.55. The van der Waals surface area contributed by atoms with Crippen LogP contribution in [0.25, 0.3) is 10.9 Å². The highest BCUT2D eigenvalue weighted by Crippen LogP contribution is 2.32. The number of fused-ring (bicyclic) bond motifs is 1. The molecule has 0 spiro atoms. The summed E-state index contributed by atoms with van der Waals surface area (Å²) in [6.45, 7) is 4.22. The molecule has 5 nitrogen and oxygen atoms in total. The molecule has 0 aliphatic heterocycles. The summed E-state index contributed by atoms with van der Waals surface area (Å²) in [5.41, 5.74) is 0.478. The van der Waals surface area contributed by atoms with E-state index < -0.39 is 0 Å². The van der Waals surface area contributed by atoms with E-state index in [1.165, 1.54) is 18.5 Å². The molecule has 1 heterocycles. The molecule has 0 bridgehead atoms. The maximum absolute atomic E-state index is 10.1. The number of carbonyl (C=O) groups excluding carboxylic acids is 1. The van der Waals surface area contributed by atoms with Crippen molar-refractivity contribution < 1.29 is 14.6 Å². The highest BCUT2D eigenvalue weighted by molar-refractivity contribution is 6.34. The van der Waals surface area contributed by atoms with Crippen molar-refractivity contribution in [2.24, 2.45) is 0 Å². The molecule has 0 radical (unpaired) electrons. The van der Waals surface area contributed by atoms with Crippen LogP contribution in [0.3, 0.4) is 0 Å². The van der Waals surface area contributed by atoms with Gasteiger partial charge in [-0.25, -0.2) is 9.97 Å². The van der Waals surface area contributed by atoms with Crippen LogP contribution in [0.5, 0.6) is 11.5 Å². The molecular weight excluding hydrogens is 244 g/mol. The Labute approximate surface area is 103 Å². The first-order valence-corrected chi connectivity index (χ1v) is 5.33. The van der Waals surface area contributed by atoms with E-state index in [2.05, 4.69) is 14.7 Å². The first-order valence-electron chi connectivity index (χ1n) is 4.96. The first-order chi connectivity index (χ1) is 8.22. The van der Waals surface area contributed by atoms with Crippen molar-refractivity contribution in [2.75, 3.05) is 0 Å². The summed E-state index contributed by atoms with van der Waals surface area (Å²) in [6, 6.07) is 2.75. The van der Waals surface area contributed by atoms with Crippen LogP contribution < -0.4 is 4.74 Å². The Bertz CT molecular complexity index is 531. The van der Waals surface area contributed by atoms with Crippen LogP contribution in [0, 0.1) is 0 Å². The highest BCUT2D eigenvalue weighted by atomic mass is 35.5. The minimum atomic E-state index is -0.177. The van der Waals surface area contributed by atoms with Crippen LogP contribution in [0.4, 0.5) is 0 Å². The summed E-state index contributed by atoms with van der Waals surface area (Å²) in [5.74, 6) is -0.154. The van der Waals surface area contributed by atoms with Crippen molar-refractivity contribution in [1.82, 2.24) is 9.97 Å². The SMILES string of the molecule is CC.O=COc1cc2c(Cl)ncnc2cc1O. The molecule has 0 fully saturated rings. The number of aromatic hydroxyl groups is 1. The van der Waals surface area contributed by atoms with Crippen molar-refractivity contribution in [3.8, 4) is 11.5 Å². The Morgan fingerprint density at radius 2 is 2.06 bits per heavy atom. The fraction of sp³-hybridized carbons (Fsp3) is 0.182. The van der Waals surface area contributed by atoms with E-state index in [1.807, 2.05) is 13.8 Å². The average Bonchev–Trinajstić information content (AvgIpc) is 2.34. The molecule has 0 amide bonds. The van der Waals surface area contributed by atoms with Gasteiger partial charge in [0.1, 0.15) is 11.5 Å². The van der Waals surface area contributed by atoms with Crippen molar-refractivity contribution >= 4 is 29.0 Å². The molecule has 6 heteroatoms. The maximum Gasteiger partial charge on any atom is 0.298 e. The molecule has 1 aromatic carbocycles. The number of phenolic OH excluding ortho intramolecular Hbond substituents is 1. The zero-order valence-electron chi connectivity index (χ0n) is 9.35. The van der Waals surface area contributed by atoms with Gasteiger partial charge in [0.15, 0.2) is 11.5 Å². The van der Waals surface area contributed by atoms with Gasteiger partial charge < -0.3 is 9.84 Å². The third-order valence-corrected chi connectivity index (χ3v) is 2.14. The number of rotatable bonds is 2. The number of nitrogens with zero attached hydrogens (tertiary/aromatic N) is 2. The zero-order chi connectivity index (χ0) is 12.8. The van der Waals surface area contributed by atoms with Crippen LogP contribution in [-0.4, -0.2) is 21.5 Å². The van der Waals surface area contributed by atoms with Crippen LogP contribution >= 0.6 is 11.6 Å². The van der Waals surface area contributed by atoms with E-state index in [0.717, 1.165) is 0 Å². The monoisotopic (exact) mass is 254 g/mol. The normalized spacial score (nSPS) is 9.35. The fourth-order valence-corrected chi connectivity index (χ4v) is 1.38. The summed E-state index contributed by atoms with van der Waals surface area (Å²) >= 11 is 5.80. The summed E-state index contributed by atoms with van der Waals surface area (Å²) in [6.07, 6.45) is 1.28. The van der Waals surface area contributed by atoms with Crippen molar-refractivity contribution in [3.05, 3.63) is 23.6 Å². The summed E-state index contributed by atoms with van der Waals surface area (Å²) in [4.78, 5) is 17.8. The Hall–Kier alpha value is -1.88. The molecule has 1 aromatic heterocycles. The lowest BCUT2D eigenvalue weighted by Crippen LogP contribution is -1.91. The molecule has 1 N–H and O–H groups in total. The number of ether oxygens (including phenoxy) is 1. The van der Waals surface area contributed by atoms with E-state index >= 15 is 0 Å². The summed E-state index contributed by atoms with van der Waals surface area (Å²) < 4.78 is 4.55. The third kappa shape index (κ3) is 2.82. The van der Waals surface area contributed by atoms with Crippen molar-refractivity contribution in [2.45, 2.75) is 13.8 Å². The van der Waals surface area contributed by atoms with Crippen LogP contribution in [0.1, 0.15) is 13.8 Å². The molecule has 0 aliphatic rings. The second-order valence-electron chi connectivity index (χ2n) is 2.72. The number of aromatic nitrogens is 2. The minimum absolute atomic E-state index is 0.0224. The molecule has 17 heavy (non-hydrogen) atoms. The van der Waals surface area contributed by atoms with Crippen molar-refractivity contribution in [3.63, 3.8) is 0 Å². The quantitative estimate of drug-likeness (QED) is 0.659. The predicted molar refractivity (Wildman–Crippen MR) is 64.3 cm³/mol. The molecule has 0 aliphatic carbocycles. The number of halogens is 1. The van der Waals surface area contributed by atoms with E-state index in [-0.39, 0.29) is 23.1 Å². The lowest BCUT2D eigenvalue weighted by atomic mass is 10.2. The van der Waals surface area contributed by atoms with Gasteiger partial charge in [-0.2, -0.15) is 0 Å². The molecule has 90 valence electrons. The van der Waals surface area contributed by atoms with Gasteiger partial charge in [-0.3, -0.25) is 4.79 Å². The van der Waals surface area contributed by atoms with Gasteiger partial charge in [0.2, 0.25) is 0 Å². The molecule has 0 atom stereocenters. The second-order valence-corrected chi connectivity index (χ2v) is 3.07. The number of hydrogen-bond acceptors (Lipinski definition) is 5. The third-order valence-electron chi connectivity index (χ3n) is 1.84. The van der Waals surface area contributed by atoms with Gasteiger partial charge in [-0.05, 0) is 6.07 Å². The lowest BCUT2D eigenvalue weighted by Gasteiger charge is -2.04. The molecule has 0 unspecified atom stereocenters. The number of phenols is 1. The van der Waals surface area contributed by atoms with Crippen molar-refractivity contribution in [1.29, 1.82) is 0 Å². The first kappa shape index (κ1) is 13.2. The Morgan fingerprint density at radius 3 is 2.71 bits per heavy atom. The molecule has 0 saturated carbocycles. The topological polar surface area (TPSA) is 72.3 Å². The molecule has 0 saturated heterocycles. The number of carbonyl (C=O) groups is 1. The van der Waals surface area contributed by atoms with Crippen LogP contribution in [0.15, 0.2) is 18.5 Å². The van der Waals surface area contributed by atoms with Gasteiger partial charge in [-0.1, -0.05) is 25.4 Å². The van der Waals surface area contributed by atoms with E-state index in [9.17, 15) is 9.90 Å². The number of hydrogen-bond donors (Lipinski definition) is 1. The minimum Gasteiger partial charge on any atom is -0.504 e. The fourth-order valence-electron chi connectivity index (χ4n) is 1.19. The van der Waals surface area contributed by atoms with E-state index in [4.69, 9.17) is 11.6 Å². The van der Waals surface area contributed by atoms with Crippen LogP contribution in [-0.2, 0) is 4.79 Å². The molecule has 2 rings (SSSR count). The number of benzene rings is 1. The van der Waals surface area contributed by atoms with Crippen LogP contribution in [0.2, 0.25) is 5.15 Å². The van der Waals surface area contributed by atoms with Gasteiger partial charge in [0.05, 0.1) is 5.52 Å². The smallest absolute Gasteiger partial charge is 0.298 e. The van der Waals surface area contributed by atoms with Gasteiger partial charge in [-0.15, -0.1) is 0 Å². The van der Waals surface area contributed by atoms with Gasteiger partial charge in [0.25, 0.3) is 6.47 Å². The Balaban J connectivity index is 0.000000686. The average molecular weight is 255 g/mol. The largest absolute Gasteiger partial charge is 0.504 e. The summed E-state index contributed by atoms with van der Waals surface area (Å²) in [5, 5.41) is 10.2. The Kier molecular flexibility index (Phi) is 4.66. The lowest BCUT2D eigenvalue weighted by molar-refractivity contribution is -0.120. The highest BCUT2D eigenvalue weighted by Gasteiger charge is 2.08. The summed E-state index contributed by atoms with van der Waals surface area (Å²) in [7, 11) is 0. The second kappa shape index (κ2) is 6.00. The van der Waals surface area contributed by atoms with Gasteiger partial charge >= 0.3 is 0 Å².